The summed E-state index contributed by atoms with van der Waals surface area (Å²) in [5.41, 5.74) is 1.98. The van der Waals surface area contributed by atoms with Crippen LogP contribution in [0.25, 0.3) is 0 Å². The SMILES string of the molecule is CNC(Cc1cccc(Cl)c1Cl)c1ccncc1Cl. The van der Waals surface area contributed by atoms with Crippen molar-refractivity contribution in [3.63, 3.8) is 0 Å². The fourth-order valence-corrected chi connectivity index (χ4v) is 2.61. The highest BCUT2D eigenvalue weighted by molar-refractivity contribution is 6.42. The van der Waals surface area contributed by atoms with Crippen LogP contribution in [0.1, 0.15) is 17.2 Å². The summed E-state index contributed by atoms with van der Waals surface area (Å²) in [6, 6.07) is 7.60. The lowest BCUT2D eigenvalue weighted by Crippen LogP contribution is -2.19. The monoisotopic (exact) mass is 314 g/mol. The number of likely N-dealkylation sites (N-methyl/N-ethyl adjacent to an activating group) is 1. The maximum absolute atomic E-state index is 6.22. The number of pyridine rings is 1. The van der Waals surface area contributed by atoms with Crippen molar-refractivity contribution >= 4 is 34.8 Å². The van der Waals surface area contributed by atoms with E-state index < -0.39 is 0 Å². The van der Waals surface area contributed by atoms with Gasteiger partial charge in [-0.25, -0.2) is 0 Å². The molecule has 0 amide bonds. The van der Waals surface area contributed by atoms with E-state index in [0.717, 1.165) is 11.1 Å². The van der Waals surface area contributed by atoms with E-state index in [4.69, 9.17) is 34.8 Å². The Bertz CT molecular complexity index is 572. The molecule has 0 saturated heterocycles. The van der Waals surface area contributed by atoms with Crippen LogP contribution in [0.2, 0.25) is 15.1 Å². The molecular formula is C14H13Cl3N2. The quantitative estimate of drug-likeness (QED) is 0.895. The van der Waals surface area contributed by atoms with Crippen molar-refractivity contribution in [3.8, 4) is 0 Å². The molecular weight excluding hydrogens is 303 g/mol. The predicted octanol–water partition coefficient (Wildman–Crippen LogP) is 4.55. The van der Waals surface area contributed by atoms with Crippen molar-refractivity contribution in [1.29, 1.82) is 0 Å². The Balaban J connectivity index is 2.30. The Morgan fingerprint density at radius 1 is 1.16 bits per heavy atom. The lowest BCUT2D eigenvalue weighted by atomic mass is 10.00. The lowest BCUT2D eigenvalue weighted by Gasteiger charge is -2.18. The van der Waals surface area contributed by atoms with Crippen molar-refractivity contribution in [2.24, 2.45) is 0 Å². The molecule has 0 aliphatic heterocycles. The van der Waals surface area contributed by atoms with Crippen LogP contribution in [-0.4, -0.2) is 12.0 Å². The molecule has 1 heterocycles. The number of rotatable bonds is 4. The van der Waals surface area contributed by atoms with Crippen molar-refractivity contribution in [2.75, 3.05) is 7.05 Å². The Kier molecular flexibility index (Phi) is 5.06. The highest BCUT2D eigenvalue weighted by atomic mass is 35.5. The average Bonchev–Trinajstić information content (AvgIpc) is 2.41. The first-order valence-electron chi connectivity index (χ1n) is 5.83. The maximum Gasteiger partial charge on any atom is 0.0637 e. The van der Waals surface area contributed by atoms with E-state index >= 15 is 0 Å². The number of hydrogen-bond donors (Lipinski definition) is 1. The zero-order valence-corrected chi connectivity index (χ0v) is 12.6. The average molecular weight is 316 g/mol. The summed E-state index contributed by atoms with van der Waals surface area (Å²) in [4.78, 5) is 3.99. The molecule has 1 aromatic carbocycles. The van der Waals surface area contributed by atoms with Gasteiger partial charge in [-0.1, -0.05) is 46.9 Å². The number of nitrogens with one attached hydrogen (secondary N) is 1. The van der Waals surface area contributed by atoms with Gasteiger partial charge in [0.25, 0.3) is 0 Å². The van der Waals surface area contributed by atoms with Crippen molar-refractivity contribution in [2.45, 2.75) is 12.5 Å². The second kappa shape index (κ2) is 6.58. The number of halogens is 3. The van der Waals surface area contributed by atoms with E-state index in [2.05, 4.69) is 10.3 Å². The van der Waals surface area contributed by atoms with Crippen molar-refractivity contribution < 1.29 is 0 Å². The second-order valence-corrected chi connectivity index (χ2v) is 5.35. The molecule has 0 radical (unpaired) electrons. The molecule has 0 fully saturated rings. The topological polar surface area (TPSA) is 24.9 Å². The minimum absolute atomic E-state index is 0.0615. The van der Waals surface area contributed by atoms with Crippen LogP contribution in [0.4, 0.5) is 0 Å². The number of aromatic nitrogens is 1. The van der Waals surface area contributed by atoms with Gasteiger partial charge in [0.15, 0.2) is 0 Å². The zero-order chi connectivity index (χ0) is 13.8. The van der Waals surface area contributed by atoms with E-state index in [1.807, 2.05) is 25.2 Å². The summed E-state index contributed by atoms with van der Waals surface area (Å²) in [6.45, 7) is 0. The van der Waals surface area contributed by atoms with Crippen molar-refractivity contribution in [3.05, 3.63) is 62.9 Å². The number of nitrogens with zero attached hydrogens (tertiary/aromatic N) is 1. The molecule has 2 nitrogen and oxygen atoms in total. The Labute approximate surface area is 127 Å². The van der Waals surface area contributed by atoms with Gasteiger partial charge < -0.3 is 5.32 Å². The van der Waals surface area contributed by atoms with Crippen LogP contribution in [-0.2, 0) is 6.42 Å². The van der Waals surface area contributed by atoms with Crippen LogP contribution in [0.5, 0.6) is 0 Å². The molecule has 100 valence electrons. The summed E-state index contributed by atoms with van der Waals surface area (Å²) >= 11 is 18.4. The molecule has 1 unspecified atom stereocenters. The van der Waals surface area contributed by atoms with E-state index in [1.54, 1.807) is 18.5 Å². The Morgan fingerprint density at radius 3 is 2.63 bits per heavy atom. The summed E-state index contributed by atoms with van der Waals surface area (Å²) in [6.07, 6.45) is 4.07. The molecule has 2 aromatic rings. The molecule has 2 rings (SSSR count). The standard InChI is InChI=1S/C14H13Cl3N2/c1-18-13(10-5-6-19-8-12(10)16)7-9-3-2-4-11(15)14(9)17/h2-6,8,13,18H,7H2,1H3. The molecule has 0 saturated carbocycles. The maximum atomic E-state index is 6.22. The van der Waals surface area contributed by atoms with Gasteiger partial charge in [0.2, 0.25) is 0 Å². The van der Waals surface area contributed by atoms with Crippen molar-refractivity contribution in [1.82, 2.24) is 10.3 Å². The number of hydrogen-bond acceptors (Lipinski definition) is 2. The fourth-order valence-electron chi connectivity index (χ4n) is 1.96. The molecule has 0 spiro atoms. The van der Waals surface area contributed by atoms with Gasteiger partial charge in [0.05, 0.1) is 15.1 Å². The van der Waals surface area contributed by atoms with Gasteiger partial charge in [-0.3, -0.25) is 4.98 Å². The van der Waals surface area contributed by atoms with Gasteiger partial charge in [-0.15, -0.1) is 0 Å². The summed E-state index contributed by atoms with van der Waals surface area (Å²) in [7, 11) is 1.89. The highest BCUT2D eigenvalue weighted by Gasteiger charge is 2.15. The summed E-state index contributed by atoms with van der Waals surface area (Å²) < 4.78 is 0. The van der Waals surface area contributed by atoms with Gasteiger partial charge in [-0.05, 0) is 36.7 Å². The third kappa shape index (κ3) is 3.40. The van der Waals surface area contributed by atoms with Gasteiger partial charge in [0.1, 0.15) is 0 Å². The lowest BCUT2D eigenvalue weighted by molar-refractivity contribution is 0.591. The van der Waals surface area contributed by atoms with Crippen LogP contribution < -0.4 is 5.32 Å². The van der Waals surface area contributed by atoms with Gasteiger partial charge >= 0.3 is 0 Å². The first-order chi connectivity index (χ1) is 9.13. The molecule has 0 aliphatic carbocycles. The minimum Gasteiger partial charge on any atom is -0.313 e. The predicted molar refractivity (Wildman–Crippen MR) is 81.2 cm³/mol. The number of benzene rings is 1. The first-order valence-corrected chi connectivity index (χ1v) is 6.96. The normalized spacial score (nSPS) is 12.4. The Hall–Kier alpha value is -0.800. The molecule has 19 heavy (non-hydrogen) atoms. The third-order valence-electron chi connectivity index (χ3n) is 2.98. The summed E-state index contributed by atoms with van der Waals surface area (Å²) in [5, 5.41) is 5.04. The minimum atomic E-state index is 0.0615. The van der Waals surface area contributed by atoms with E-state index in [-0.39, 0.29) is 6.04 Å². The van der Waals surface area contributed by atoms with Crippen LogP contribution >= 0.6 is 34.8 Å². The fraction of sp³-hybridized carbons (Fsp3) is 0.214. The summed E-state index contributed by atoms with van der Waals surface area (Å²) in [5.74, 6) is 0. The molecule has 1 aromatic heterocycles. The molecule has 0 aliphatic rings. The van der Waals surface area contributed by atoms with Gasteiger partial charge in [-0.2, -0.15) is 0 Å². The van der Waals surface area contributed by atoms with E-state index in [1.165, 1.54) is 0 Å². The highest BCUT2D eigenvalue weighted by Crippen LogP contribution is 2.30. The van der Waals surface area contributed by atoms with E-state index in [9.17, 15) is 0 Å². The van der Waals surface area contributed by atoms with Crippen LogP contribution in [0.3, 0.4) is 0 Å². The molecule has 1 N–H and O–H groups in total. The van der Waals surface area contributed by atoms with Gasteiger partial charge in [0, 0.05) is 18.4 Å². The third-order valence-corrected chi connectivity index (χ3v) is 4.16. The Morgan fingerprint density at radius 2 is 1.95 bits per heavy atom. The first kappa shape index (κ1) is 14.6. The van der Waals surface area contributed by atoms with Crippen LogP contribution in [0.15, 0.2) is 36.7 Å². The second-order valence-electron chi connectivity index (χ2n) is 4.16. The largest absolute Gasteiger partial charge is 0.313 e. The van der Waals surface area contributed by atoms with Crippen LogP contribution in [0, 0.1) is 0 Å². The molecule has 1 atom stereocenters. The zero-order valence-electron chi connectivity index (χ0n) is 10.3. The molecule has 5 heteroatoms. The molecule has 0 bridgehead atoms. The van der Waals surface area contributed by atoms with E-state index in [0.29, 0.717) is 21.5 Å². The smallest absolute Gasteiger partial charge is 0.0637 e.